The third kappa shape index (κ3) is 5.32. The number of ether oxygens (including phenoxy) is 5. The van der Waals surface area contributed by atoms with Crippen LogP contribution in [0.2, 0.25) is 0 Å². The fraction of sp³-hybridized carbons (Fsp3) is 1.00. The van der Waals surface area contributed by atoms with Crippen molar-refractivity contribution in [1.29, 1.82) is 0 Å². The van der Waals surface area contributed by atoms with Gasteiger partial charge >= 0.3 is 0 Å². The molecule has 0 aliphatic carbocycles. The molecule has 3 saturated heterocycles. The van der Waals surface area contributed by atoms with Crippen molar-refractivity contribution in [2.45, 2.75) is 99.0 Å². The number of hydrogen-bond donors (Lipinski definition) is 10. The van der Waals surface area contributed by atoms with Crippen LogP contribution in [0.25, 0.3) is 0 Å². The van der Waals surface area contributed by atoms with Gasteiger partial charge in [0.05, 0.1) is 19.3 Å². The second kappa shape index (κ2) is 11.0. The van der Waals surface area contributed by atoms with Gasteiger partial charge in [-0.3, -0.25) is 0 Å². The zero-order valence-electron chi connectivity index (χ0n) is 17.6. The fourth-order valence-corrected chi connectivity index (χ4v) is 3.98. The molecule has 0 saturated carbocycles. The van der Waals surface area contributed by atoms with E-state index in [1.807, 2.05) is 0 Å². The van der Waals surface area contributed by atoms with Crippen LogP contribution in [-0.2, 0) is 23.7 Å². The van der Waals surface area contributed by atoms with Gasteiger partial charge in [0, 0.05) is 0 Å². The molecule has 194 valence electrons. The third-order valence-electron chi connectivity index (χ3n) is 6.06. The van der Waals surface area contributed by atoms with Gasteiger partial charge in [0.2, 0.25) is 0 Å². The van der Waals surface area contributed by atoms with E-state index < -0.39 is 105 Å². The normalized spacial score (nSPS) is 53.7. The van der Waals surface area contributed by atoms with Gasteiger partial charge in [-0.25, -0.2) is 0 Å². The van der Waals surface area contributed by atoms with Crippen LogP contribution in [0.1, 0.15) is 6.92 Å². The molecule has 33 heavy (non-hydrogen) atoms. The predicted octanol–water partition coefficient (Wildman–Crippen LogP) is -6.55. The molecule has 15 heteroatoms. The maximum absolute atomic E-state index is 10.7. The molecule has 0 radical (unpaired) electrons. The van der Waals surface area contributed by atoms with E-state index in [9.17, 15) is 51.1 Å². The van der Waals surface area contributed by atoms with Crippen molar-refractivity contribution in [2.24, 2.45) is 0 Å². The molecule has 10 N–H and O–H groups in total. The first kappa shape index (κ1) is 27.0. The molecule has 3 aliphatic rings. The summed E-state index contributed by atoms with van der Waals surface area (Å²) < 4.78 is 26.4. The van der Waals surface area contributed by atoms with E-state index in [0.717, 1.165) is 0 Å². The number of hydrogen-bond acceptors (Lipinski definition) is 15. The topological polar surface area (TPSA) is 248 Å². The van der Waals surface area contributed by atoms with E-state index in [2.05, 4.69) is 0 Å². The summed E-state index contributed by atoms with van der Waals surface area (Å²) in [6.07, 6.45) is -24.1. The minimum Gasteiger partial charge on any atom is -0.394 e. The summed E-state index contributed by atoms with van der Waals surface area (Å²) in [5.41, 5.74) is 0. The van der Waals surface area contributed by atoms with Gasteiger partial charge in [-0.2, -0.15) is 0 Å². The van der Waals surface area contributed by atoms with E-state index in [0.29, 0.717) is 0 Å². The Kier molecular flexibility index (Phi) is 8.99. The van der Waals surface area contributed by atoms with Crippen LogP contribution in [0.3, 0.4) is 0 Å². The molecule has 0 aromatic carbocycles. The Hall–Kier alpha value is -0.600. The average Bonchev–Trinajstić information content (AvgIpc) is 2.79. The third-order valence-corrected chi connectivity index (χ3v) is 6.06. The largest absolute Gasteiger partial charge is 0.394 e. The van der Waals surface area contributed by atoms with Crippen molar-refractivity contribution in [1.82, 2.24) is 0 Å². The quantitative estimate of drug-likeness (QED) is 0.167. The molecule has 3 fully saturated rings. The molecule has 15 nitrogen and oxygen atoms in total. The van der Waals surface area contributed by atoms with Crippen molar-refractivity contribution in [3.8, 4) is 0 Å². The van der Waals surface area contributed by atoms with Gasteiger partial charge in [-0.1, -0.05) is 0 Å². The van der Waals surface area contributed by atoms with Crippen LogP contribution in [-0.4, -0.2) is 156 Å². The summed E-state index contributed by atoms with van der Waals surface area (Å²) in [6.45, 7) is -0.122. The highest BCUT2D eigenvalue weighted by Gasteiger charge is 2.53. The Labute approximate surface area is 187 Å². The monoisotopic (exact) mass is 488 g/mol. The predicted molar refractivity (Wildman–Crippen MR) is 99.8 cm³/mol. The first-order chi connectivity index (χ1) is 15.5. The lowest BCUT2D eigenvalue weighted by molar-refractivity contribution is -0.381. The lowest BCUT2D eigenvalue weighted by atomic mass is 9.96. The molecule has 3 rings (SSSR count). The number of aliphatic hydroxyl groups excluding tert-OH is 10. The van der Waals surface area contributed by atoms with Crippen molar-refractivity contribution >= 4 is 0 Å². The van der Waals surface area contributed by atoms with Gasteiger partial charge in [-0.05, 0) is 6.92 Å². The summed E-state index contributed by atoms with van der Waals surface area (Å²) in [6, 6.07) is 0. The van der Waals surface area contributed by atoms with E-state index in [-0.39, 0.29) is 0 Å². The maximum atomic E-state index is 10.7. The van der Waals surface area contributed by atoms with Gasteiger partial charge < -0.3 is 74.7 Å². The SMILES string of the molecule is CC1OC(O)C(OC2OC(CO)C(O)C(OC3OC(CO)C(O)C(O)C3O)C2O)C(O)C1O. The summed E-state index contributed by atoms with van der Waals surface area (Å²) >= 11 is 0. The second-order valence-electron chi connectivity index (χ2n) is 8.32. The highest BCUT2D eigenvalue weighted by Crippen LogP contribution is 2.32. The summed E-state index contributed by atoms with van der Waals surface area (Å²) in [5, 5.41) is 100. The standard InChI is InChI=1S/C18H32O15/c1-4-7(21)11(25)15(16(28)29-4)33-18-13(27)14(9(23)6(3-20)31-18)32-17-12(26)10(24)8(22)5(2-19)30-17/h4-28H,2-3H2,1H3. The fourth-order valence-electron chi connectivity index (χ4n) is 3.98. The van der Waals surface area contributed by atoms with Gasteiger partial charge in [-0.15, -0.1) is 0 Å². The van der Waals surface area contributed by atoms with Crippen LogP contribution >= 0.6 is 0 Å². The number of rotatable bonds is 6. The van der Waals surface area contributed by atoms with E-state index in [1.54, 1.807) is 0 Å². The number of aliphatic hydroxyl groups is 10. The first-order valence-electron chi connectivity index (χ1n) is 10.4. The minimum absolute atomic E-state index is 0.743. The lowest BCUT2D eigenvalue weighted by Crippen LogP contribution is -2.66. The molecule has 0 amide bonds. The molecular weight excluding hydrogens is 456 g/mol. The van der Waals surface area contributed by atoms with Gasteiger partial charge in [0.25, 0.3) is 0 Å². The van der Waals surface area contributed by atoms with Gasteiger partial charge in [0.1, 0.15) is 67.1 Å². The highest BCUT2D eigenvalue weighted by molar-refractivity contribution is 4.95. The molecule has 3 aliphatic heterocycles. The van der Waals surface area contributed by atoms with Crippen LogP contribution in [0.4, 0.5) is 0 Å². The molecule has 0 aromatic rings. The van der Waals surface area contributed by atoms with E-state index in [4.69, 9.17) is 23.7 Å². The van der Waals surface area contributed by atoms with Crippen molar-refractivity contribution in [3.63, 3.8) is 0 Å². The Bertz CT molecular complexity index is 624. The van der Waals surface area contributed by atoms with Crippen LogP contribution in [0.15, 0.2) is 0 Å². The lowest BCUT2D eigenvalue weighted by Gasteiger charge is -2.47. The summed E-state index contributed by atoms with van der Waals surface area (Å²) in [5.74, 6) is 0. The van der Waals surface area contributed by atoms with Crippen LogP contribution < -0.4 is 0 Å². The van der Waals surface area contributed by atoms with E-state index in [1.165, 1.54) is 6.92 Å². The molecule has 0 aromatic heterocycles. The van der Waals surface area contributed by atoms with Crippen molar-refractivity contribution in [3.05, 3.63) is 0 Å². The Balaban J connectivity index is 1.76. The first-order valence-corrected chi connectivity index (χ1v) is 10.4. The van der Waals surface area contributed by atoms with Crippen molar-refractivity contribution in [2.75, 3.05) is 13.2 Å². The van der Waals surface area contributed by atoms with Crippen LogP contribution in [0.5, 0.6) is 0 Å². The Morgan fingerprint density at radius 1 is 0.545 bits per heavy atom. The molecule has 15 unspecified atom stereocenters. The maximum Gasteiger partial charge on any atom is 0.187 e. The smallest absolute Gasteiger partial charge is 0.187 e. The molecule has 0 spiro atoms. The summed E-state index contributed by atoms with van der Waals surface area (Å²) in [4.78, 5) is 0. The zero-order chi connectivity index (χ0) is 24.6. The van der Waals surface area contributed by atoms with Crippen LogP contribution in [0, 0.1) is 0 Å². The molecule has 0 bridgehead atoms. The minimum atomic E-state index is -1.87. The molecule has 15 atom stereocenters. The summed E-state index contributed by atoms with van der Waals surface area (Å²) in [7, 11) is 0. The Morgan fingerprint density at radius 2 is 1.06 bits per heavy atom. The van der Waals surface area contributed by atoms with Gasteiger partial charge in [0.15, 0.2) is 18.9 Å². The molecular formula is C18H32O15. The molecule has 3 heterocycles. The van der Waals surface area contributed by atoms with Crippen molar-refractivity contribution < 1.29 is 74.7 Å². The Morgan fingerprint density at radius 3 is 1.64 bits per heavy atom. The van der Waals surface area contributed by atoms with E-state index >= 15 is 0 Å². The second-order valence-corrected chi connectivity index (χ2v) is 8.32. The zero-order valence-corrected chi connectivity index (χ0v) is 17.6. The average molecular weight is 488 g/mol. The highest BCUT2D eigenvalue weighted by atomic mass is 16.8.